The van der Waals surface area contributed by atoms with Gasteiger partial charge in [0, 0.05) is 36.3 Å². The van der Waals surface area contributed by atoms with Crippen molar-refractivity contribution in [2.24, 2.45) is 11.3 Å². The molecule has 2 fully saturated rings. The molecule has 1 saturated heterocycles. The Kier molecular flexibility index (Phi) is 5.65. The van der Waals surface area contributed by atoms with E-state index in [4.69, 9.17) is 4.74 Å². The van der Waals surface area contributed by atoms with E-state index in [0.29, 0.717) is 30.4 Å². The Hall–Kier alpha value is -2.12. The zero-order valence-electron chi connectivity index (χ0n) is 18.3. The minimum absolute atomic E-state index is 0.0272. The first kappa shape index (κ1) is 20.8. The van der Waals surface area contributed by atoms with Crippen LogP contribution in [0.25, 0.3) is 0 Å². The molecule has 3 aliphatic rings. The summed E-state index contributed by atoms with van der Waals surface area (Å²) in [5, 5.41) is 4.37. The Morgan fingerprint density at radius 1 is 1.29 bits per heavy atom. The molecule has 1 N–H and O–H groups in total. The van der Waals surface area contributed by atoms with E-state index >= 15 is 0 Å². The minimum atomic E-state index is -0.0272. The lowest BCUT2D eigenvalue weighted by atomic mass is 9.55. The summed E-state index contributed by atoms with van der Waals surface area (Å²) in [6, 6.07) is 7.25. The normalized spacial score (nSPS) is 27.0. The molecule has 1 saturated carbocycles. The fourth-order valence-electron chi connectivity index (χ4n) is 5.64. The lowest BCUT2D eigenvalue weighted by molar-refractivity contribution is -0.147. The lowest BCUT2D eigenvalue weighted by Crippen LogP contribution is -2.51. The van der Waals surface area contributed by atoms with Gasteiger partial charge in [0.15, 0.2) is 5.82 Å². The molecule has 164 valence electrons. The number of nitrogens with one attached hydrogen (secondary N) is 1. The van der Waals surface area contributed by atoms with Crippen LogP contribution in [0, 0.1) is 11.3 Å². The molecule has 7 heteroatoms. The van der Waals surface area contributed by atoms with Crippen molar-refractivity contribution in [3.8, 4) is 0 Å². The van der Waals surface area contributed by atoms with E-state index in [1.165, 1.54) is 36.1 Å². The summed E-state index contributed by atoms with van der Waals surface area (Å²) in [6.45, 7) is 6.82. The number of carbonyl (C=O) groups excluding carboxylic acids is 1. The van der Waals surface area contributed by atoms with E-state index in [-0.39, 0.29) is 5.97 Å². The van der Waals surface area contributed by atoms with Crippen LogP contribution in [0.5, 0.6) is 0 Å². The van der Waals surface area contributed by atoms with Crippen LogP contribution in [0.3, 0.4) is 0 Å². The highest BCUT2D eigenvalue weighted by Crippen LogP contribution is 2.55. The maximum Gasteiger partial charge on any atom is 0.306 e. The maximum atomic E-state index is 11.8. The number of esters is 1. The van der Waals surface area contributed by atoms with E-state index in [1.807, 2.05) is 6.92 Å². The average Bonchev–Trinajstić information content (AvgIpc) is 2.73. The first-order valence-electron chi connectivity index (χ1n) is 11.3. The Balaban J connectivity index is 1.17. The number of piperidine rings is 1. The Bertz CT molecular complexity index is 976. The van der Waals surface area contributed by atoms with Gasteiger partial charge in [0.25, 0.3) is 0 Å². The van der Waals surface area contributed by atoms with Gasteiger partial charge in [0.1, 0.15) is 5.03 Å². The number of rotatable bonds is 5. The average molecular weight is 439 g/mol. The molecule has 1 aliphatic carbocycles. The van der Waals surface area contributed by atoms with Gasteiger partial charge in [-0.05, 0) is 75.1 Å². The number of hydrogen-bond donors (Lipinski definition) is 1. The molecule has 1 atom stereocenters. The molecule has 0 bridgehead atoms. The van der Waals surface area contributed by atoms with Crippen LogP contribution in [0.1, 0.15) is 51.5 Å². The number of carbonyl (C=O) groups is 1. The zero-order valence-corrected chi connectivity index (χ0v) is 19.1. The van der Waals surface area contributed by atoms with Crippen molar-refractivity contribution in [2.45, 2.75) is 68.5 Å². The predicted molar refractivity (Wildman–Crippen MR) is 121 cm³/mol. The molecule has 1 spiro atoms. The highest BCUT2D eigenvalue weighted by atomic mass is 32.2. The maximum absolute atomic E-state index is 11.8. The summed E-state index contributed by atoms with van der Waals surface area (Å²) in [5.74, 6) is 1.33. The minimum Gasteiger partial charge on any atom is -0.466 e. The van der Waals surface area contributed by atoms with Crippen molar-refractivity contribution in [1.29, 1.82) is 0 Å². The monoisotopic (exact) mass is 438 g/mol. The van der Waals surface area contributed by atoms with E-state index in [2.05, 4.69) is 45.3 Å². The third-order valence-corrected chi connectivity index (χ3v) is 8.11. The van der Waals surface area contributed by atoms with Gasteiger partial charge in [-0.1, -0.05) is 17.8 Å². The Labute approximate surface area is 188 Å². The van der Waals surface area contributed by atoms with Crippen molar-refractivity contribution < 1.29 is 9.53 Å². The summed E-state index contributed by atoms with van der Waals surface area (Å²) in [6.07, 6.45) is 8.89. The fraction of sp³-hybridized carbons (Fsp3) is 0.542. The van der Waals surface area contributed by atoms with Gasteiger partial charge in [-0.15, -0.1) is 0 Å². The van der Waals surface area contributed by atoms with Crippen molar-refractivity contribution in [3.63, 3.8) is 0 Å². The quantitative estimate of drug-likeness (QED) is 0.561. The van der Waals surface area contributed by atoms with Gasteiger partial charge in [-0.2, -0.15) is 0 Å². The first-order chi connectivity index (χ1) is 15.0. The third-order valence-electron chi connectivity index (χ3n) is 7.04. The number of anilines is 2. The zero-order chi connectivity index (χ0) is 21.4. The summed E-state index contributed by atoms with van der Waals surface area (Å²) in [7, 11) is 0. The number of likely N-dealkylation sites (tertiary alicyclic amines) is 1. The molecular formula is C24H30N4O2S. The summed E-state index contributed by atoms with van der Waals surface area (Å²) >= 11 is 1.67. The van der Waals surface area contributed by atoms with Gasteiger partial charge in [0.05, 0.1) is 12.3 Å². The molecular weight excluding hydrogens is 408 g/mol. The van der Waals surface area contributed by atoms with Crippen LogP contribution in [-0.4, -0.2) is 40.0 Å². The number of hydrogen-bond acceptors (Lipinski definition) is 7. The standard InChI is InChI=1S/C24H30N4O2S/c1-3-30-21(29)11-18-13-24(14-18)6-9-28(16(2)12-24)15-17-4-5-20-19(10-17)27-22-23(31-20)26-8-7-25-22/h4-5,7-8,10,16,18H,3,6,9,11-15H2,1-2H3,(H,25,27). The Morgan fingerprint density at radius 3 is 2.94 bits per heavy atom. The molecule has 2 aromatic rings. The smallest absolute Gasteiger partial charge is 0.306 e. The predicted octanol–water partition coefficient (Wildman–Crippen LogP) is 5.02. The molecule has 1 unspecified atom stereocenters. The topological polar surface area (TPSA) is 67.3 Å². The van der Waals surface area contributed by atoms with Gasteiger partial charge >= 0.3 is 5.97 Å². The molecule has 0 amide bonds. The molecule has 2 aliphatic heterocycles. The number of fused-ring (bicyclic) bond motifs is 2. The number of benzene rings is 1. The second-order valence-electron chi connectivity index (χ2n) is 9.32. The van der Waals surface area contributed by atoms with Crippen LogP contribution in [-0.2, 0) is 16.1 Å². The molecule has 3 heterocycles. The highest BCUT2D eigenvalue weighted by Gasteiger charge is 2.48. The number of aromatic nitrogens is 2. The lowest BCUT2D eigenvalue weighted by Gasteiger charge is -2.54. The van der Waals surface area contributed by atoms with Crippen molar-refractivity contribution in [1.82, 2.24) is 14.9 Å². The van der Waals surface area contributed by atoms with E-state index in [0.717, 1.165) is 29.6 Å². The molecule has 0 radical (unpaired) electrons. The van der Waals surface area contributed by atoms with Gasteiger partial charge < -0.3 is 10.1 Å². The van der Waals surface area contributed by atoms with Crippen LogP contribution >= 0.6 is 11.8 Å². The van der Waals surface area contributed by atoms with Gasteiger partial charge in [0.2, 0.25) is 0 Å². The number of nitrogens with zero attached hydrogens (tertiary/aromatic N) is 3. The molecule has 5 rings (SSSR count). The number of ether oxygens (including phenoxy) is 1. The largest absolute Gasteiger partial charge is 0.466 e. The summed E-state index contributed by atoms with van der Waals surface area (Å²) < 4.78 is 5.13. The van der Waals surface area contributed by atoms with Crippen LogP contribution in [0.2, 0.25) is 0 Å². The van der Waals surface area contributed by atoms with Crippen molar-refractivity contribution in [3.05, 3.63) is 36.2 Å². The SMILES string of the molecule is CCOC(=O)CC1CC2(CCN(Cc3ccc4c(c3)Nc3nccnc3S4)C(C)C2)C1. The Morgan fingerprint density at radius 2 is 2.13 bits per heavy atom. The highest BCUT2D eigenvalue weighted by molar-refractivity contribution is 7.99. The van der Waals surface area contributed by atoms with Crippen molar-refractivity contribution >= 4 is 29.2 Å². The third kappa shape index (κ3) is 4.30. The van der Waals surface area contributed by atoms with E-state index in [9.17, 15) is 4.79 Å². The van der Waals surface area contributed by atoms with E-state index < -0.39 is 0 Å². The van der Waals surface area contributed by atoms with Crippen LogP contribution in [0.4, 0.5) is 11.5 Å². The van der Waals surface area contributed by atoms with Crippen LogP contribution in [0.15, 0.2) is 40.5 Å². The van der Waals surface area contributed by atoms with E-state index in [1.54, 1.807) is 24.2 Å². The van der Waals surface area contributed by atoms with Gasteiger partial charge in [-0.25, -0.2) is 9.97 Å². The molecule has 6 nitrogen and oxygen atoms in total. The second-order valence-corrected chi connectivity index (χ2v) is 10.4. The molecule has 31 heavy (non-hydrogen) atoms. The van der Waals surface area contributed by atoms with Crippen molar-refractivity contribution in [2.75, 3.05) is 18.5 Å². The van der Waals surface area contributed by atoms with Gasteiger partial charge in [-0.3, -0.25) is 9.69 Å². The fourth-order valence-corrected chi connectivity index (χ4v) is 6.52. The molecule has 1 aromatic heterocycles. The molecule has 1 aromatic carbocycles. The second kappa shape index (κ2) is 8.43. The first-order valence-corrected chi connectivity index (χ1v) is 12.1. The van der Waals surface area contributed by atoms with Crippen LogP contribution < -0.4 is 5.32 Å². The summed E-state index contributed by atoms with van der Waals surface area (Å²) in [5.41, 5.74) is 2.90. The summed E-state index contributed by atoms with van der Waals surface area (Å²) in [4.78, 5) is 24.4.